The van der Waals surface area contributed by atoms with Crippen LogP contribution < -0.4 is 5.32 Å². The van der Waals surface area contributed by atoms with E-state index in [4.69, 9.17) is 21.0 Å². The number of hydrogen-bond acceptors (Lipinski definition) is 4. The van der Waals surface area contributed by atoms with Crippen LogP contribution in [0.2, 0.25) is 5.02 Å². The standard InChI is InChI=1S/C23H20ClN3O2S/c1-15-4-6-17(7-5-15)22-26-21(16-8-10-18(24)11-9-16)23(27-22)30-14-20(28)25-13-19-3-2-12-29-19/h2-12H,13-14H2,1H3,(H,25,28)(H,26,27). The fourth-order valence-electron chi connectivity index (χ4n) is 2.91. The molecule has 1 amide bonds. The molecule has 2 aromatic carbocycles. The van der Waals surface area contributed by atoms with E-state index >= 15 is 0 Å². The number of benzene rings is 2. The van der Waals surface area contributed by atoms with Crippen LogP contribution in [0.15, 0.2) is 76.4 Å². The number of aromatic nitrogens is 2. The second kappa shape index (κ2) is 9.24. The monoisotopic (exact) mass is 437 g/mol. The average Bonchev–Trinajstić information content (AvgIpc) is 3.42. The molecule has 2 aromatic heterocycles. The number of halogens is 1. The molecule has 2 N–H and O–H groups in total. The van der Waals surface area contributed by atoms with Crippen molar-refractivity contribution < 1.29 is 9.21 Å². The SMILES string of the molecule is Cc1ccc(-c2nc(SCC(=O)NCc3ccco3)c(-c3ccc(Cl)cc3)[nH]2)cc1. The molecule has 4 aromatic rings. The van der Waals surface area contributed by atoms with Gasteiger partial charge in [-0.1, -0.05) is 65.3 Å². The highest BCUT2D eigenvalue weighted by atomic mass is 35.5. The summed E-state index contributed by atoms with van der Waals surface area (Å²) >= 11 is 7.44. The van der Waals surface area contributed by atoms with Crippen molar-refractivity contribution in [2.75, 3.05) is 5.75 Å². The number of nitrogens with zero attached hydrogens (tertiary/aromatic N) is 1. The molecule has 30 heavy (non-hydrogen) atoms. The number of carbonyl (C=O) groups excluding carboxylic acids is 1. The summed E-state index contributed by atoms with van der Waals surface area (Å²) in [5.74, 6) is 1.65. The summed E-state index contributed by atoms with van der Waals surface area (Å²) in [6, 6.07) is 19.4. The normalized spacial score (nSPS) is 10.9. The zero-order valence-corrected chi connectivity index (χ0v) is 17.9. The Kier molecular flexibility index (Phi) is 6.26. The fraction of sp³-hybridized carbons (Fsp3) is 0.130. The topological polar surface area (TPSA) is 70.9 Å². The first-order valence-electron chi connectivity index (χ1n) is 9.43. The van der Waals surface area contributed by atoms with Crippen LogP contribution in [-0.4, -0.2) is 21.6 Å². The van der Waals surface area contributed by atoms with Gasteiger partial charge in [0, 0.05) is 16.1 Å². The van der Waals surface area contributed by atoms with Crippen molar-refractivity contribution in [1.29, 1.82) is 0 Å². The summed E-state index contributed by atoms with van der Waals surface area (Å²) in [6.07, 6.45) is 1.59. The van der Waals surface area contributed by atoms with Gasteiger partial charge in [-0.15, -0.1) is 0 Å². The number of hydrogen-bond donors (Lipinski definition) is 2. The van der Waals surface area contributed by atoms with Gasteiger partial charge in [0.15, 0.2) is 0 Å². The zero-order valence-electron chi connectivity index (χ0n) is 16.3. The van der Waals surface area contributed by atoms with E-state index in [0.29, 0.717) is 11.6 Å². The number of furan rings is 1. The van der Waals surface area contributed by atoms with Crippen LogP contribution in [0.5, 0.6) is 0 Å². The summed E-state index contributed by atoms with van der Waals surface area (Å²) in [4.78, 5) is 20.5. The van der Waals surface area contributed by atoms with Gasteiger partial charge >= 0.3 is 0 Å². The molecule has 0 unspecified atom stereocenters. The van der Waals surface area contributed by atoms with Gasteiger partial charge in [-0.3, -0.25) is 4.79 Å². The van der Waals surface area contributed by atoms with Gasteiger partial charge in [0.05, 0.1) is 24.3 Å². The van der Waals surface area contributed by atoms with E-state index in [9.17, 15) is 4.79 Å². The lowest BCUT2D eigenvalue weighted by molar-refractivity contribution is -0.118. The van der Waals surface area contributed by atoms with Crippen LogP contribution in [0.25, 0.3) is 22.6 Å². The predicted molar refractivity (Wildman–Crippen MR) is 120 cm³/mol. The van der Waals surface area contributed by atoms with Gasteiger partial charge in [-0.05, 0) is 31.2 Å². The Morgan fingerprint density at radius 1 is 1.10 bits per heavy atom. The van der Waals surface area contributed by atoms with E-state index in [1.807, 2.05) is 49.4 Å². The van der Waals surface area contributed by atoms with Crippen LogP contribution in [-0.2, 0) is 11.3 Å². The number of nitrogens with one attached hydrogen (secondary N) is 2. The summed E-state index contributed by atoms with van der Waals surface area (Å²) in [6.45, 7) is 2.42. The van der Waals surface area contributed by atoms with Crippen molar-refractivity contribution in [3.05, 3.63) is 83.3 Å². The lowest BCUT2D eigenvalue weighted by atomic mass is 10.1. The van der Waals surface area contributed by atoms with Crippen molar-refractivity contribution in [2.24, 2.45) is 0 Å². The average molecular weight is 438 g/mol. The number of H-pyrrole nitrogens is 1. The molecule has 0 saturated heterocycles. The van der Waals surface area contributed by atoms with E-state index in [1.165, 1.54) is 17.3 Å². The molecular weight excluding hydrogens is 418 g/mol. The first-order valence-corrected chi connectivity index (χ1v) is 10.8. The van der Waals surface area contributed by atoms with E-state index in [0.717, 1.165) is 33.4 Å². The van der Waals surface area contributed by atoms with Gasteiger partial charge < -0.3 is 14.7 Å². The van der Waals surface area contributed by atoms with Crippen LogP contribution in [0, 0.1) is 6.92 Å². The second-order valence-electron chi connectivity index (χ2n) is 6.78. The molecule has 5 nitrogen and oxygen atoms in total. The number of aromatic amines is 1. The first kappa shape index (κ1) is 20.3. The van der Waals surface area contributed by atoms with Gasteiger partial charge in [-0.25, -0.2) is 4.98 Å². The minimum atomic E-state index is -0.0849. The zero-order chi connectivity index (χ0) is 20.9. The van der Waals surface area contributed by atoms with Gasteiger partial charge in [-0.2, -0.15) is 0 Å². The molecule has 0 aliphatic heterocycles. The van der Waals surface area contributed by atoms with Crippen molar-refractivity contribution >= 4 is 29.3 Å². The number of aryl methyl sites for hydroxylation is 1. The number of rotatable bonds is 7. The fourth-order valence-corrected chi connectivity index (χ4v) is 3.87. The molecule has 0 aliphatic rings. The summed E-state index contributed by atoms with van der Waals surface area (Å²) < 4.78 is 5.24. The van der Waals surface area contributed by atoms with Crippen molar-refractivity contribution in [2.45, 2.75) is 18.5 Å². The third-order valence-corrected chi connectivity index (χ3v) is 5.74. The van der Waals surface area contributed by atoms with E-state index in [1.54, 1.807) is 12.3 Å². The van der Waals surface area contributed by atoms with Gasteiger partial charge in [0.2, 0.25) is 5.91 Å². The summed E-state index contributed by atoms with van der Waals surface area (Å²) in [5, 5.41) is 4.29. The van der Waals surface area contributed by atoms with Gasteiger partial charge in [0.25, 0.3) is 0 Å². The molecular formula is C23H20ClN3O2S. The van der Waals surface area contributed by atoms with E-state index < -0.39 is 0 Å². The Balaban J connectivity index is 1.54. The molecule has 4 rings (SSSR count). The third kappa shape index (κ3) is 4.96. The molecule has 0 spiro atoms. The maximum absolute atomic E-state index is 12.3. The van der Waals surface area contributed by atoms with Crippen LogP contribution >= 0.6 is 23.4 Å². The van der Waals surface area contributed by atoms with Crippen LogP contribution in [0.3, 0.4) is 0 Å². The maximum Gasteiger partial charge on any atom is 0.230 e. The Labute approximate surface area is 183 Å². The largest absolute Gasteiger partial charge is 0.467 e. The highest BCUT2D eigenvalue weighted by molar-refractivity contribution is 8.00. The summed E-state index contributed by atoms with van der Waals surface area (Å²) in [7, 11) is 0. The van der Waals surface area contributed by atoms with E-state index in [-0.39, 0.29) is 11.7 Å². The molecule has 0 atom stereocenters. The quantitative estimate of drug-likeness (QED) is 0.363. The highest BCUT2D eigenvalue weighted by Gasteiger charge is 2.16. The molecule has 0 fully saturated rings. The number of amides is 1. The molecule has 0 radical (unpaired) electrons. The second-order valence-corrected chi connectivity index (χ2v) is 8.18. The van der Waals surface area contributed by atoms with Crippen LogP contribution in [0.4, 0.5) is 0 Å². The summed E-state index contributed by atoms with van der Waals surface area (Å²) in [5.41, 5.74) is 4.01. The minimum Gasteiger partial charge on any atom is -0.467 e. The van der Waals surface area contributed by atoms with Gasteiger partial charge in [0.1, 0.15) is 16.6 Å². The lowest BCUT2D eigenvalue weighted by Crippen LogP contribution is -2.24. The minimum absolute atomic E-state index is 0.0849. The van der Waals surface area contributed by atoms with Crippen molar-refractivity contribution in [1.82, 2.24) is 15.3 Å². The Morgan fingerprint density at radius 2 is 1.83 bits per heavy atom. The molecule has 0 aliphatic carbocycles. The maximum atomic E-state index is 12.3. The molecule has 0 bridgehead atoms. The number of carbonyl (C=O) groups is 1. The number of thioether (sulfide) groups is 1. The Morgan fingerprint density at radius 3 is 2.53 bits per heavy atom. The highest BCUT2D eigenvalue weighted by Crippen LogP contribution is 2.33. The first-order chi connectivity index (χ1) is 14.6. The predicted octanol–water partition coefficient (Wildman–Crippen LogP) is 5.71. The van der Waals surface area contributed by atoms with Crippen molar-refractivity contribution in [3.8, 4) is 22.6 Å². The molecule has 152 valence electrons. The molecule has 2 heterocycles. The third-order valence-electron chi connectivity index (χ3n) is 4.51. The smallest absolute Gasteiger partial charge is 0.230 e. The molecule has 7 heteroatoms. The molecule has 0 saturated carbocycles. The Bertz CT molecular complexity index is 1120. The van der Waals surface area contributed by atoms with Crippen molar-refractivity contribution in [3.63, 3.8) is 0 Å². The lowest BCUT2D eigenvalue weighted by Gasteiger charge is -2.04. The van der Waals surface area contributed by atoms with Crippen LogP contribution in [0.1, 0.15) is 11.3 Å². The number of imidazole rings is 1. The van der Waals surface area contributed by atoms with E-state index in [2.05, 4.69) is 22.4 Å². The Hall–Kier alpha value is -2.96.